The Morgan fingerprint density at radius 2 is 2.23 bits per heavy atom. The SMILES string of the molecule is COC(=O)c1cc(C)ccc1S(=O)(=O)NCCC1CCNC1. The van der Waals surface area contributed by atoms with Gasteiger partial charge in [-0.25, -0.2) is 17.9 Å². The minimum atomic E-state index is -3.73. The van der Waals surface area contributed by atoms with E-state index in [9.17, 15) is 13.2 Å². The average molecular weight is 326 g/mol. The summed E-state index contributed by atoms with van der Waals surface area (Å²) in [6.45, 7) is 4.08. The van der Waals surface area contributed by atoms with Crippen molar-refractivity contribution in [2.75, 3.05) is 26.7 Å². The number of ether oxygens (including phenoxy) is 1. The molecular weight excluding hydrogens is 304 g/mol. The van der Waals surface area contributed by atoms with Gasteiger partial charge < -0.3 is 10.1 Å². The third-order valence-electron chi connectivity index (χ3n) is 3.84. The Hall–Kier alpha value is -1.44. The van der Waals surface area contributed by atoms with Crippen molar-refractivity contribution in [2.45, 2.75) is 24.7 Å². The highest BCUT2D eigenvalue weighted by molar-refractivity contribution is 7.89. The highest BCUT2D eigenvalue weighted by Gasteiger charge is 2.23. The van der Waals surface area contributed by atoms with E-state index in [0.717, 1.165) is 31.5 Å². The van der Waals surface area contributed by atoms with Gasteiger partial charge >= 0.3 is 5.97 Å². The predicted octanol–water partition coefficient (Wildman–Crippen LogP) is 1.06. The van der Waals surface area contributed by atoms with Gasteiger partial charge in [0.2, 0.25) is 10.0 Å². The lowest BCUT2D eigenvalue weighted by molar-refractivity contribution is 0.0596. The van der Waals surface area contributed by atoms with Crippen LogP contribution in [0.3, 0.4) is 0 Å². The average Bonchev–Trinajstić information content (AvgIpc) is 2.99. The van der Waals surface area contributed by atoms with E-state index in [1.165, 1.54) is 19.2 Å². The Balaban J connectivity index is 2.12. The highest BCUT2D eigenvalue weighted by atomic mass is 32.2. The summed E-state index contributed by atoms with van der Waals surface area (Å²) in [5.41, 5.74) is 0.869. The molecule has 0 saturated carbocycles. The zero-order valence-corrected chi connectivity index (χ0v) is 13.7. The first kappa shape index (κ1) is 16.9. The van der Waals surface area contributed by atoms with Gasteiger partial charge in [-0.2, -0.15) is 0 Å². The number of sulfonamides is 1. The predicted molar refractivity (Wildman–Crippen MR) is 83.3 cm³/mol. The summed E-state index contributed by atoms with van der Waals surface area (Å²) in [5.74, 6) is -0.148. The molecule has 1 aliphatic rings. The fourth-order valence-corrected chi connectivity index (χ4v) is 3.80. The molecule has 1 atom stereocenters. The first-order valence-corrected chi connectivity index (χ1v) is 8.81. The van der Waals surface area contributed by atoms with Crippen molar-refractivity contribution in [1.29, 1.82) is 0 Å². The van der Waals surface area contributed by atoms with E-state index in [-0.39, 0.29) is 10.5 Å². The summed E-state index contributed by atoms with van der Waals surface area (Å²) in [6.07, 6.45) is 1.85. The number of benzene rings is 1. The molecule has 0 spiro atoms. The first-order chi connectivity index (χ1) is 10.4. The zero-order valence-electron chi connectivity index (χ0n) is 12.9. The standard InChI is InChI=1S/C15H22N2O4S/c1-11-3-4-14(13(9-11)15(18)21-2)22(19,20)17-8-6-12-5-7-16-10-12/h3-4,9,12,16-17H,5-8,10H2,1-2H3. The Bertz CT molecular complexity index is 637. The lowest BCUT2D eigenvalue weighted by Crippen LogP contribution is -2.28. The summed E-state index contributed by atoms with van der Waals surface area (Å²) < 4.78 is 32.1. The second-order valence-electron chi connectivity index (χ2n) is 5.54. The molecule has 1 aromatic carbocycles. The minimum Gasteiger partial charge on any atom is -0.465 e. The molecule has 1 fully saturated rings. The zero-order chi connectivity index (χ0) is 16.2. The molecule has 122 valence electrons. The second-order valence-corrected chi connectivity index (χ2v) is 7.27. The molecule has 2 N–H and O–H groups in total. The fraction of sp³-hybridized carbons (Fsp3) is 0.533. The number of hydrogen-bond donors (Lipinski definition) is 2. The molecule has 0 aromatic heterocycles. The number of hydrogen-bond acceptors (Lipinski definition) is 5. The molecule has 1 aliphatic heterocycles. The lowest BCUT2D eigenvalue weighted by atomic mass is 10.1. The van der Waals surface area contributed by atoms with Crippen molar-refractivity contribution in [2.24, 2.45) is 5.92 Å². The van der Waals surface area contributed by atoms with E-state index in [1.54, 1.807) is 13.0 Å². The fourth-order valence-electron chi connectivity index (χ4n) is 2.58. The number of esters is 1. The van der Waals surface area contributed by atoms with Crippen LogP contribution in [0.4, 0.5) is 0 Å². The van der Waals surface area contributed by atoms with Gasteiger partial charge in [0.1, 0.15) is 0 Å². The number of rotatable bonds is 6. The molecular formula is C15H22N2O4S. The molecule has 0 amide bonds. The van der Waals surface area contributed by atoms with Crippen molar-refractivity contribution in [3.05, 3.63) is 29.3 Å². The van der Waals surface area contributed by atoms with Gasteiger partial charge in [-0.15, -0.1) is 0 Å². The van der Waals surface area contributed by atoms with Gasteiger partial charge in [0.15, 0.2) is 0 Å². The number of methoxy groups -OCH3 is 1. The van der Waals surface area contributed by atoms with Gasteiger partial charge in [-0.1, -0.05) is 11.6 Å². The normalized spacial score (nSPS) is 18.4. The van der Waals surface area contributed by atoms with E-state index in [2.05, 4.69) is 14.8 Å². The number of nitrogens with one attached hydrogen (secondary N) is 2. The Morgan fingerprint density at radius 3 is 2.86 bits per heavy atom. The molecule has 6 nitrogen and oxygen atoms in total. The molecule has 2 rings (SSSR count). The van der Waals surface area contributed by atoms with Crippen molar-refractivity contribution in [1.82, 2.24) is 10.0 Å². The summed E-state index contributed by atoms with van der Waals surface area (Å²) in [4.78, 5) is 11.8. The molecule has 0 bridgehead atoms. The van der Waals surface area contributed by atoms with Crippen LogP contribution in [0.2, 0.25) is 0 Å². The number of aryl methyl sites for hydroxylation is 1. The van der Waals surface area contributed by atoms with Crippen LogP contribution >= 0.6 is 0 Å². The van der Waals surface area contributed by atoms with Crippen molar-refractivity contribution < 1.29 is 17.9 Å². The largest absolute Gasteiger partial charge is 0.465 e. The van der Waals surface area contributed by atoms with Crippen LogP contribution in [0.5, 0.6) is 0 Å². The molecule has 0 radical (unpaired) electrons. The summed E-state index contributed by atoms with van der Waals surface area (Å²) >= 11 is 0. The van der Waals surface area contributed by atoms with Crippen LogP contribution in [0.15, 0.2) is 23.1 Å². The lowest BCUT2D eigenvalue weighted by Gasteiger charge is -2.12. The Labute approximate surface area is 131 Å². The number of carbonyl (C=O) groups excluding carboxylic acids is 1. The molecule has 1 aromatic rings. The third-order valence-corrected chi connectivity index (χ3v) is 5.36. The van der Waals surface area contributed by atoms with Crippen LogP contribution in [0.1, 0.15) is 28.8 Å². The Kier molecular flexibility index (Phi) is 5.55. The van der Waals surface area contributed by atoms with Crippen LogP contribution in [-0.2, 0) is 14.8 Å². The summed E-state index contributed by atoms with van der Waals surface area (Å²) in [6, 6.07) is 4.64. The summed E-state index contributed by atoms with van der Waals surface area (Å²) in [7, 11) is -2.49. The molecule has 1 heterocycles. The molecule has 1 saturated heterocycles. The van der Waals surface area contributed by atoms with Gasteiger partial charge in [0, 0.05) is 6.54 Å². The molecule has 1 unspecified atom stereocenters. The topological polar surface area (TPSA) is 84.5 Å². The van der Waals surface area contributed by atoms with Crippen molar-refractivity contribution >= 4 is 16.0 Å². The quantitative estimate of drug-likeness (QED) is 0.764. The highest BCUT2D eigenvalue weighted by Crippen LogP contribution is 2.19. The van der Waals surface area contributed by atoms with Crippen LogP contribution < -0.4 is 10.0 Å². The van der Waals surface area contributed by atoms with Gasteiger partial charge in [0.25, 0.3) is 0 Å². The van der Waals surface area contributed by atoms with Gasteiger partial charge in [-0.3, -0.25) is 0 Å². The van der Waals surface area contributed by atoms with E-state index in [4.69, 9.17) is 0 Å². The van der Waals surface area contributed by atoms with E-state index < -0.39 is 16.0 Å². The van der Waals surface area contributed by atoms with Crippen LogP contribution in [0, 0.1) is 12.8 Å². The maximum atomic E-state index is 12.4. The molecule has 7 heteroatoms. The van der Waals surface area contributed by atoms with E-state index in [1.807, 2.05) is 0 Å². The Morgan fingerprint density at radius 1 is 1.45 bits per heavy atom. The minimum absolute atomic E-state index is 0.0329. The van der Waals surface area contributed by atoms with Crippen molar-refractivity contribution in [3.8, 4) is 0 Å². The van der Waals surface area contributed by atoms with Crippen molar-refractivity contribution in [3.63, 3.8) is 0 Å². The second kappa shape index (κ2) is 7.21. The third kappa shape index (κ3) is 4.06. The van der Waals surface area contributed by atoms with Gasteiger partial charge in [-0.05, 0) is 50.9 Å². The maximum absolute atomic E-state index is 12.4. The molecule has 0 aliphatic carbocycles. The number of carbonyl (C=O) groups is 1. The molecule has 22 heavy (non-hydrogen) atoms. The van der Waals surface area contributed by atoms with Crippen LogP contribution in [0.25, 0.3) is 0 Å². The van der Waals surface area contributed by atoms with E-state index in [0.29, 0.717) is 12.5 Å². The first-order valence-electron chi connectivity index (χ1n) is 7.33. The van der Waals surface area contributed by atoms with Gasteiger partial charge in [0.05, 0.1) is 17.6 Å². The summed E-state index contributed by atoms with van der Waals surface area (Å²) in [5, 5.41) is 3.25. The smallest absolute Gasteiger partial charge is 0.339 e. The van der Waals surface area contributed by atoms with E-state index >= 15 is 0 Å². The maximum Gasteiger partial charge on any atom is 0.339 e. The van der Waals surface area contributed by atoms with Crippen LogP contribution in [-0.4, -0.2) is 41.1 Å². The monoisotopic (exact) mass is 326 g/mol.